The number of carbonyl (C=O) groups is 1. The van der Waals surface area contributed by atoms with Crippen molar-refractivity contribution in [1.82, 2.24) is 14.5 Å². The monoisotopic (exact) mass is 209 g/mol. The number of carbonyl (C=O) groups excluding carboxylic acids is 1. The van der Waals surface area contributed by atoms with Crippen LogP contribution in [-0.2, 0) is 11.3 Å². The topological polar surface area (TPSA) is 58.4 Å². The Balaban J connectivity index is 2.02. The lowest BCUT2D eigenvalue weighted by Gasteiger charge is -2.37. The molecule has 1 aromatic rings. The third-order valence-electron chi connectivity index (χ3n) is 2.77. The number of amides is 1. The van der Waals surface area contributed by atoms with Crippen LogP contribution in [0, 0.1) is 0 Å². The van der Waals surface area contributed by atoms with Crippen LogP contribution in [-0.4, -0.2) is 44.7 Å². The van der Waals surface area contributed by atoms with Crippen LogP contribution in [0.1, 0.15) is 12.8 Å². The second kappa shape index (κ2) is 4.02. The number of piperidine rings is 1. The van der Waals surface area contributed by atoms with E-state index in [1.807, 2.05) is 10.8 Å². The fraction of sp³-hybridized carbons (Fsp3) is 0.600. The van der Waals surface area contributed by atoms with Gasteiger partial charge in [-0.25, -0.2) is 4.98 Å². The van der Waals surface area contributed by atoms with Crippen molar-refractivity contribution >= 4 is 6.41 Å². The second-order valence-corrected chi connectivity index (χ2v) is 4.14. The maximum absolute atomic E-state index is 10.6. The van der Waals surface area contributed by atoms with E-state index in [-0.39, 0.29) is 0 Å². The van der Waals surface area contributed by atoms with Gasteiger partial charge in [-0.15, -0.1) is 0 Å². The summed E-state index contributed by atoms with van der Waals surface area (Å²) in [6, 6.07) is 0. The molecule has 1 unspecified atom stereocenters. The van der Waals surface area contributed by atoms with Gasteiger partial charge in [0, 0.05) is 18.9 Å². The van der Waals surface area contributed by atoms with Crippen LogP contribution in [0.2, 0.25) is 0 Å². The highest BCUT2D eigenvalue weighted by Crippen LogP contribution is 2.21. The molecular weight excluding hydrogens is 194 g/mol. The summed E-state index contributed by atoms with van der Waals surface area (Å²) in [5.41, 5.74) is -0.806. The zero-order valence-corrected chi connectivity index (χ0v) is 8.54. The minimum absolute atomic E-state index is 0.411. The number of β-amino-alcohol motifs (C(OH)–C–C–N with tert-alkyl or cyclic N) is 1. The fourth-order valence-corrected chi connectivity index (χ4v) is 2.09. The second-order valence-electron chi connectivity index (χ2n) is 4.14. The van der Waals surface area contributed by atoms with E-state index < -0.39 is 5.60 Å². The average Bonchev–Trinajstić information content (AvgIpc) is 2.69. The summed E-state index contributed by atoms with van der Waals surface area (Å²) in [5, 5.41) is 10.3. The lowest BCUT2D eigenvalue weighted by atomic mass is 9.93. The summed E-state index contributed by atoms with van der Waals surface area (Å²) in [5.74, 6) is 0. The fourth-order valence-electron chi connectivity index (χ4n) is 2.09. The Labute approximate surface area is 88.3 Å². The van der Waals surface area contributed by atoms with Crippen molar-refractivity contribution in [2.24, 2.45) is 0 Å². The molecule has 2 heterocycles. The van der Waals surface area contributed by atoms with Crippen molar-refractivity contribution < 1.29 is 9.90 Å². The standard InChI is InChI=1S/C10H15N3O2/c14-9-13-4-1-2-10(15,7-13)6-12-5-3-11-8-12/h3,5,8-9,15H,1-2,4,6-7H2. The molecule has 0 saturated carbocycles. The molecule has 2 rings (SSSR count). The molecule has 0 radical (unpaired) electrons. The maximum Gasteiger partial charge on any atom is 0.209 e. The third kappa shape index (κ3) is 2.36. The summed E-state index contributed by atoms with van der Waals surface area (Å²) < 4.78 is 1.84. The van der Waals surface area contributed by atoms with Crippen LogP contribution < -0.4 is 0 Å². The Morgan fingerprint density at radius 2 is 2.47 bits per heavy atom. The van der Waals surface area contributed by atoms with E-state index in [1.54, 1.807) is 17.4 Å². The number of hydrogen-bond donors (Lipinski definition) is 1. The first kappa shape index (κ1) is 10.2. The molecule has 0 bridgehead atoms. The van der Waals surface area contributed by atoms with E-state index in [2.05, 4.69) is 4.98 Å². The zero-order valence-electron chi connectivity index (χ0n) is 8.54. The maximum atomic E-state index is 10.6. The normalized spacial score (nSPS) is 26.6. The molecule has 1 aliphatic rings. The summed E-state index contributed by atoms with van der Waals surface area (Å²) >= 11 is 0. The largest absolute Gasteiger partial charge is 0.386 e. The highest BCUT2D eigenvalue weighted by atomic mass is 16.3. The summed E-state index contributed by atoms with van der Waals surface area (Å²) in [4.78, 5) is 16.2. The van der Waals surface area contributed by atoms with Gasteiger partial charge in [0.2, 0.25) is 6.41 Å². The molecule has 15 heavy (non-hydrogen) atoms. The number of likely N-dealkylation sites (tertiary alicyclic amines) is 1. The van der Waals surface area contributed by atoms with Crippen molar-refractivity contribution in [3.8, 4) is 0 Å². The van der Waals surface area contributed by atoms with Gasteiger partial charge in [0.05, 0.1) is 19.4 Å². The summed E-state index contributed by atoms with van der Waals surface area (Å²) in [7, 11) is 0. The van der Waals surface area contributed by atoms with Crippen LogP contribution in [0.3, 0.4) is 0 Å². The van der Waals surface area contributed by atoms with Gasteiger partial charge in [0.15, 0.2) is 0 Å². The number of aromatic nitrogens is 2. The molecule has 0 aromatic carbocycles. The predicted octanol–water partition coefficient (Wildman–Crippen LogP) is -0.134. The summed E-state index contributed by atoms with van der Waals surface area (Å²) in [6.07, 6.45) is 7.57. The highest BCUT2D eigenvalue weighted by Gasteiger charge is 2.32. The molecule has 0 aliphatic carbocycles. The Bertz CT molecular complexity index is 325. The van der Waals surface area contributed by atoms with Gasteiger partial charge in [-0.2, -0.15) is 0 Å². The van der Waals surface area contributed by atoms with Crippen molar-refractivity contribution in [2.75, 3.05) is 13.1 Å². The van der Waals surface area contributed by atoms with Gasteiger partial charge in [-0.3, -0.25) is 4.79 Å². The van der Waals surface area contributed by atoms with Gasteiger partial charge in [-0.05, 0) is 12.8 Å². The van der Waals surface area contributed by atoms with E-state index in [9.17, 15) is 9.90 Å². The Morgan fingerprint density at radius 3 is 3.13 bits per heavy atom. The molecule has 1 amide bonds. The quantitative estimate of drug-likeness (QED) is 0.705. The van der Waals surface area contributed by atoms with Gasteiger partial charge >= 0.3 is 0 Å². The number of imidazole rings is 1. The van der Waals surface area contributed by atoms with E-state index >= 15 is 0 Å². The molecule has 0 spiro atoms. The first-order valence-corrected chi connectivity index (χ1v) is 5.09. The van der Waals surface area contributed by atoms with Crippen molar-refractivity contribution in [3.63, 3.8) is 0 Å². The molecule has 1 aliphatic heterocycles. The molecule has 1 saturated heterocycles. The van der Waals surface area contributed by atoms with Crippen molar-refractivity contribution in [2.45, 2.75) is 25.0 Å². The van der Waals surface area contributed by atoms with E-state index in [0.29, 0.717) is 13.1 Å². The SMILES string of the molecule is O=CN1CCCC(O)(Cn2ccnc2)C1. The van der Waals surface area contributed by atoms with E-state index in [0.717, 1.165) is 25.8 Å². The van der Waals surface area contributed by atoms with Crippen LogP contribution in [0.5, 0.6) is 0 Å². The first-order chi connectivity index (χ1) is 7.22. The minimum atomic E-state index is -0.806. The molecule has 5 heteroatoms. The van der Waals surface area contributed by atoms with Crippen molar-refractivity contribution in [3.05, 3.63) is 18.7 Å². The molecule has 82 valence electrons. The minimum Gasteiger partial charge on any atom is -0.386 e. The Kier molecular flexibility index (Phi) is 2.73. The van der Waals surface area contributed by atoms with Gasteiger partial charge in [0.25, 0.3) is 0 Å². The first-order valence-electron chi connectivity index (χ1n) is 5.09. The zero-order chi connectivity index (χ0) is 10.7. The van der Waals surface area contributed by atoms with Crippen LogP contribution in [0.15, 0.2) is 18.7 Å². The molecule has 5 nitrogen and oxygen atoms in total. The predicted molar refractivity (Wildman–Crippen MR) is 54.0 cm³/mol. The van der Waals surface area contributed by atoms with Crippen LogP contribution in [0.4, 0.5) is 0 Å². The smallest absolute Gasteiger partial charge is 0.209 e. The number of nitrogens with zero attached hydrogens (tertiary/aromatic N) is 3. The number of hydrogen-bond acceptors (Lipinski definition) is 3. The van der Waals surface area contributed by atoms with Crippen molar-refractivity contribution in [1.29, 1.82) is 0 Å². The number of rotatable bonds is 3. The lowest BCUT2D eigenvalue weighted by Crippen LogP contribution is -2.49. The van der Waals surface area contributed by atoms with Crippen LogP contribution >= 0.6 is 0 Å². The molecule has 1 fully saturated rings. The average molecular weight is 209 g/mol. The molecule has 1 N–H and O–H groups in total. The summed E-state index contributed by atoms with van der Waals surface area (Å²) in [6.45, 7) is 1.65. The number of aliphatic hydroxyl groups is 1. The van der Waals surface area contributed by atoms with E-state index in [4.69, 9.17) is 0 Å². The van der Waals surface area contributed by atoms with Gasteiger partial charge in [-0.1, -0.05) is 0 Å². The molecule has 1 aromatic heterocycles. The van der Waals surface area contributed by atoms with E-state index in [1.165, 1.54) is 0 Å². The highest BCUT2D eigenvalue weighted by molar-refractivity contribution is 5.47. The Morgan fingerprint density at radius 1 is 1.60 bits per heavy atom. The van der Waals surface area contributed by atoms with Gasteiger partial charge < -0.3 is 14.6 Å². The molecule has 1 atom stereocenters. The molecular formula is C10H15N3O2. The lowest BCUT2D eigenvalue weighted by molar-refractivity contribution is -0.125. The third-order valence-corrected chi connectivity index (χ3v) is 2.77. The van der Waals surface area contributed by atoms with Crippen LogP contribution in [0.25, 0.3) is 0 Å². The Hall–Kier alpha value is -1.36. The van der Waals surface area contributed by atoms with Gasteiger partial charge in [0.1, 0.15) is 5.60 Å².